The van der Waals surface area contributed by atoms with Crippen LogP contribution in [0.4, 0.5) is 0 Å². The highest BCUT2D eigenvalue weighted by Gasteiger charge is 2.12. The van der Waals surface area contributed by atoms with Crippen LogP contribution in [0.3, 0.4) is 0 Å². The van der Waals surface area contributed by atoms with E-state index in [1.165, 1.54) is 0 Å². The molecule has 1 aromatic heterocycles. The number of halogens is 1. The maximum atomic E-state index is 12.2. The highest BCUT2D eigenvalue weighted by atomic mass is 79.9. The van der Waals surface area contributed by atoms with Crippen LogP contribution >= 0.6 is 15.9 Å². The van der Waals surface area contributed by atoms with E-state index < -0.39 is 5.97 Å². The van der Waals surface area contributed by atoms with Crippen LogP contribution in [0, 0.1) is 13.8 Å². The molecule has 0 bridgehead atoms. The van der Waals surface area contributed by atoms with Gasteiger partial charge in [0.25, 0.3) is 5.91 Å². The summed E-state index contributed by atoms with van der Waals surface area (Å²) in [6.45, 7) is 3.89. The summed E-state index contributed by atoms with van der Waals surface area (Å²) >= 11 is 3.51. The molecule has 0 radical (unpaired) electrons. The van der Waals surface area contributed by atoms with E-state index in [2.05, 4.69) is 26.3 Å². The van der Waals surface area contributed by atoms with Gasteiger partial charge in [0.05, 0.1) is 21.5 Å². The van der Waals surface area contributed by atoms with E-state index in [-0.39, 0.29) is 19.1 Å². The molecule has 3 aromatic rings. The van der Waals surface area contributed by atoms with Gasteiger partial charge in [-0.05, 0) is 59.6 Å². The smallest absolute Gasteiger partial charge is 0.325 e. The maximum Gasteiger partial charge on any atom is 0.325 e. The third-order valence-electron chi connectivity index (χ3n) is 4.21. The SMILES string of the molecule is Cc1nn(-c2ccc(C(=O)NCC(=O)OCc3ccccc3)cc2)c(C)c1Br. The summed E-state index contributed by atoms with van der Waals surface area (Å²) in [6.07, 6.45) is 0. The van der Waals surface area contributed by atoms with Crippen molar-refractivity contribution in [2.24, 2.45) is 0 Å². The molecule has 3 rings (SSSR count). The largest absolute Gasteiger partial charge is 0.460 e. The van der Waals surface area contributed by atoms with Crippen LogP contribution in [-0.4, -0.2) is 28.2 Å². The fourth-order valence-corrected chi connectivity index (χ4v) is 2.92. The number of carbonyl (C=O) groups excluding carboxylic acids is 2. The zero-order chi connectivity index (χ0) is 20.1. The van der Waals surface area contributed by atoms with Gasteiger partial charge in [0, 0.05) is 5.56 Å². The molecule has 0 unspecified atom stereocenters. The predicted molar refractivity (Wildman–Crippen MR) is 109 cm³/mol. The average Bonchev–Trinajstić information content (AvgIpc) is 2.98. The average molecular weight is 442 g/mol. The molecule has 6 nitrogen and oxygen atoms in total. The van der Waals surface area contributed by atoms with Gasteiger partial charge in [0.2, 0.25) is 0 Å². The molecule has 0 aliphatic heterocycles. The standard InChI is InChI=1S/C21H20BrN3O3/c1-14-20(22)15(2)25(24-14)18-10-8-17(9-11-18)21(27)23-12-19(26)28-13-16-6-4-3-5-7-16/h3-11H,12-13H2,1-2H3,(H,23,27). The Morgan fingerprint density at radius 1 is 1.07 bits per heavy atom. The van der Waals surface area contributed by atoms with Gasteiger partial charge in [0.1, 0.15) is 13.2 Å². The van der Waals surface area contributed by atoms with Crippen molar-refractivity contribution in [1.82, 2.24) is 15.1 Å². The summed E-state index contributed by atoms with van der Waals surface area (Å²) in [5, 5.41) is 7.04. The zero-order valence-electron chi connectivity index (χ0n) is 15.6. The Morgan fingerprint density at radius 3 is 2.36 bits per heavy atom. The monoisotopic (exact) mass is 441 g/mol. The topological polar surface area (TPSA) is 73.2 Å². The third kappa shape index (κ3) is 4.67. The molecule has 7 heteroatoms. The molecule has 0 aliphatic rings. The Bertz CT molecular complexity index is 982. The molecule has 0 fully saturated rings. The van der Waals surface area contributed by atoms with E-state index in [0.29, 0.717) is 5.56 Å². The third-order valence-corrected chi connectivity index (χ3v) is 5.36. The van der Waals surface area contributed by atoms with Gasteiger partial charge in [-0.25, -0.2) is 4.68 Å². The second-order valence-electron chi connectivity index (χ2n) is 6.27. The fraction of sp³-hybridized carbons (Fsp3) is 0.190. The summed E-state index contributed by atoms with van der Waals surface area (Å²) in [6, 6.07) is 16.4. The van der Waals surface area contributed by atoms with Crippen molar-refractivity contribution in [2.75, 3.05) is 6.54 Å². The molecule has 0 atom stereocenters. The van der Waals surface area contributed by atoms with E-state index in [9.17, 15) is 9.59 Å². The lowest BCUT2D eigenvalue weighted by atomic mass is 10.2. The molecule has 0 aliphatic carbocycles. The van der Waals surface area contributed by atoms with Gasteiger partial charge in [-0.2, -0.15) is 5.10 Å². The number of rotatable bonds is 6. The molecule has 0 spiro atoms. The Labute approximate surface area is 171 Å². The number of aromatic nitrogens is 2. The van der Waals surface area contributed by atoms with Crippen LogP contribution < -0.4 is 5.32 Å². The summed E-state index contributed by atoms with van der Waals surface area (Å²) in [5.41, 5.74) is 4.09. The molecule has 1 amide bonds. The number of carbonyl (C=O) groups is 2. The van der Waals surface area contributed by atoms with Crippen LogP contribution in [0.2, 0.25) is 0 Å². The van der Waals surface area contributed by atoms with Gasteiger partial charge < -0.3 is 10.1 Å². The van der Waals surface area contributed by atoms with Gasteiger partial charge in [0.15, 0.2) is 0 Å². The zero-order valence-corrected chi connectivity index (χ0v) is 17.2. The molecular formula is C21H20BrN3O3. The lowest BCUT2D eigenvalue weighted by Crippen LogP contribution is -2.30. The van der Waals surface area contributed by atoms with Gasteiger partial charge in [-0.15, -0.1) is 0 Å². The number of hydrogen-bond acceptors (Lipinski definition) is 4. The molecule has 0 saturated heterocycles. The summed E-state index contributed by atoms with van der Waals surface area (Å²) in [7, 11) is 0. The minimum atomic E-state index is -0.485. The summed E-state index contributed by atoms with van der Waals surface area (Å²) in [5.74, 6) is -0.820. The molecule has 1 N–H and O–H groups in total. The number of nitrogens with zero attached hydrogens (tertiary/aromatic N) is 2. The van der Waals surface area contributed by atoms with Crippen molar-refractivity contribution in [3.05, 3.63) is 81.6 Å². The van der Waals surface area contributed by atoms with E-state index >= 15 is 0 Å². The van der Waals surface area contributed by atoms with Crippen molar-refractivity contribution >= 4 is 27.8 Å². The van der Waals surface area contributed by atoms with E-state index in [0.717, 1.165) is 27.1 Å². The number of aryl methyl sites for hydroxylation is 1. The minimum Gasteiger partial charge on any atom is -0.460 e. The second kappa shape index (κ2) is 8.84. The summed E-state index contributed by atoms with van der Waals surface area (Å²) in [4.78, 5) is 24.1. The number of ether oxygens (including phenoxy) is 1. The van der Waals surface area contributed by atoms with E-state index in [1.807, 2.05) is 61.0 Å². The first-order chi connectivity index (χ1) is 13.5. The van der Waals surface area contributed by atoms with Crippen molar-refractivity contribution in [2.45, 2.75) is 20.5 Å². The Kier molecular flexibility index (Phi) is 6.26. The van der Waals surface area contributed by atoms with Gasteiger partial charge in [-0.3, -0.25) is 9.59 Å². The first kappa shape index (κ1) is 19.8. The molecule has 1 heterocycles. The normalized spacial score (nSPS) is 10.5. The number of hydrogen-bond donors (Lipinski definition) is 1. The molecular weight excluding hydrogens is 422 g/mol. The van der Waals surface area contributed by atoms with Crippen LogP contribution in [0.5, 0.6) is 0 Å². The van der Waals surface area contributed by atoms with Gasteiger partial charge in [-0.1, -0.05) is 30.3 Å². The Hall–Kier alpha value is -2.93. The Balaban J connectivity index is 1.54. The van der Waals surface area contributed by atoms with Crippen LogP contribution in [0.15, 0.2) is 59.1 Å². The van der Waals surface area contributed by atoms with Crippen LogP contribution in [-0.2, 0) is 16.1 Å². The lowest BCUT2D eigenvalue weighted by Gasteiger charge is -2.08. The van der Waals surface area contributed by atoms with Crippen molar-refractivity contribution in [3.8, 4) is 5.69 Å². The number of benzene rings is 2. The summed E-state index contributed by atoms with van der Waals surface area (Å²) < 4.78 is 7.92. The first-order valence-electron chi connectivity index (χ1n) is 8.75. The lowest BCUT2D eigenvalue weighted by molar-refractivity contribution is -0.143. The number of esters is 1. The van der Waals surface area contributed by atoms with Crippen LogP contribution in [0.1, 0.15) is 27.3 Å². The maximum absolute atomic E-state index is 12.2. The molecule has 0 saturated carbocycles. The quantitative estimate of drug-likeness (QED) is 0.591. The van der Waals surface area contributed by atoms with Crippen molar-refractivity contribution < 1.29 is 14.3 Å². The molecule has 2 aromatic carbocycles. The molecule has 28 heavy (non-hydrogen) atoms. The van der Waals surface area contributed by atoms with Crippen LogP contribution in [0.25, 0.3) is 5.69 Å². The van der Waals surface area contributed by atoms with E-state index in [1.54, 1.807) is 12.1 Å². The highest BCUT2D eigenvalue weighted by Crippen LogP contribution is 2.23. The van der Waals surface area contributed by atoms with E-state index in [4.69, 9.17) is 4.74 Å². The van der Waals surface area contributed by atoms with Crippen molar-refractivity contribution in [1.29, 1.82) is 0 Å². The predicted octanol–water partition coefficient (Wildman–Crippen LogP) is 3.72. The van der Waals surface area contributed by atoms with Gasteiger partial charge >= 0.3 is 5.97 Å². The Morgan fingerprint density at radius 2 is 1.75 bits per heavy atom. The fourth-order valence-electron chi connectivity index (χ4n) is 2.67. The van der Waals surface area contributed by atoms with Crippen molar-refractivity contribution in [3.63, 3.8) is 0 Å². The highest BCUT2D eigenvalue weighted by molar-refractivity contribution is 9.10. The molecule has 144 valence electrons. The first-order valence-corrected chi connectivity index (χ1v) is 9.55. The second-order valence-corrected chi connectivity index (χ2v) is 7.07. The number of amides is 1. The minimum absolute atomic E-state index is 0.183. The number of nitrogens with one attached hydrogen (secondary N) is 1.